The third kappa shape index (κ3) is 3.90. The van der Waals surface area contributed by atoms with E-state index >= 15 is 0 Å². The van der Waals surface area contributed by atoms with Gasteiger partial charge < -0.3 is 9.80 Å². The number of hydrogen-bond acceptors (Lipinski definition) is 2. The minimum atomic E-state index is 0.875. The number of benzene rings is 1. The van der Waals surface area contributed by atoms with E-state index in [1.165, 1.54) is 11.3 Å². The van der Waals surface area contributed by atoms with Crippen LogP contribution < -0.4 is 4.90 Å². The van der Waals surface area contributed by atoms with Crippen molar-refractivity contribution in [2.75, 3.05) is 38.1 Å². The normalized spacial score (nSPS) is 16.4. The maximum atomic E-state index is 6.24. The quantitative estimate of drug-likeness (QED) is 0.758. The van der Waals surface area contributed by atoms with E-state index in [0.717, 1.165) is 31.2 Å². The van der Waals surface area contributed by atoms with Crippen molar-refractivity contribution in [2.24, 2.45) is 0 Å². The van der Waals surface area contributed by atoms with Gasteiger partial charge in [0.1, 0.15) is 0 Å². The molecule has 1 saturated heterocycles. The molecule has 0 amide bonds. The number of aryl methyl sites for hydroxylation is 1. The molecule has 0 aliphatic carbocycles. The Morgan fingerprint density at radius 1 is 1.06 bits per heavy atom. The highest BCUT2D eigenvalue weighted by atomic mass is 35.5. The molecule has 2 nitrogen and oxygen atoms in total. The van der Waals surface area contributed by atoms with Gasteiger partial charge >= 0.3 is 0 Å². The second kappa shape index (κ2) is 6.87. The molecule has 0 saturated carbocycles. The van der Waals surface area contributed by atoms with E-state index in [4.69, 9.17) is 11.6 Å². The molecule has 0 radical (unpaired) electrons. The highest BCUT2D eigenvalue weighted by molar-refractivity contribution is 6.33. The molecule has 0 unspecified atom stereocenters. The molecular formula is C14H23ClN2. The summed E-state index contributed by atoms with van der Waals surface area (Å²) in [6.07, 6.45) is 0. The highest BCUT2D eigenvalue weighted by Crippen LogP contribution is 2.27. The number of piperazine rings is 1. The Morgan fingerprint density at radius 2 is 1.65 bits per heavy atom. The minimum Gasteiger partial charge on any atom is -0.368 e. The fraction of sp³-hybridized carbons (Fsp3) is 0.571. The van der Waals surface area contributed by atoms with Gasteiger partial charge in [-0.05, 0) is 31.7 Å². The molecule has 3 heteroatoms. The summed E-state index contributed by atoms with van der Waals surface area (Å²) in [5.74, 6) is 0. The number of hydrogen-bond donors (Lipinski definition) is 0. The molecule has 1 heterocycles. The lowest BCUT2D eigenvalue weighted by Crippen LogP contribution is -2.44. The van der Waals surface area contributed by atoms with Gasteiger partial charge in [0, 0.05) is 26.2 Å². The third-order valence-corrected chi connectivity index (χ3v) is 3.25. The SMILES string of the molecule is CC.Cc1ccc(N2CCN(C)CC2)c(Cl)c1. The van der Waals surface area contributed by atoms with Gasteiger partial charge in [0.25, 0.3) is 0 Å². The minimum absolute atomic E-state index is 0.875. The van der Waals surface area contributed by atoms with Crippen LogP contribution in [0.15, 0.2) is 18.2 Å². The molecule has 0 aromatic heterocycles. The Morgan fingerprint density at radius 3 is 2.18 bits per heavy atom. The van der Waals surface area contributed by atoms with Crippen molar-refractivity contribution in [2.45, 2.75) is 20.8 Å². The van der Waals surface area contributed by atoms with Crippen LogP contribution >= 0.6 is 11.6 Å². The lowest BCUT2D eigenvalue weighted by Gasteiger charge is -2.34. The Kier molecular flexibility index (Phi) is 5.79. The van der Waals surface area contributed by atoms with Crippen molar-refractivity contribution in [1.29, 1.82) is 0 Å². The second-order valence-electron chi connectivity index (χ2n) is 4.25. The Hall–Kier alpha value is -0.730. The predicted molar refractivity (Wildman–Crippen MR) is 77.2 cm³/mol. The first kappa shape index (κ1) is 14.3. The molecule has 2 rings (SSSR count). The van der Waals surface area contributed by atoms with Gasteiger partial charge in [-0.25, -0.2) is 0 Å². The fourth-order valence-corrected chi connectivity index (χ4v) is 2.27. The lowest BCUT2D eigenvalue weighted by molar-refractivity contribution is 0.313. The Bertz CT molecular complexity index is 344. The van der Waals surface area contributed by atoms with Crippen LogP contribution in [0.3, 0.4) is 0 Å². The molecule has 0 spiro atoms. The van der Waals surface area contributed by atoms with E-state index < -0.39 is 0 Å². The van der Waals surface area contributed by atoms with E-state index in [2.05, 4.69) is 35.9 Å². The third-order valence-electron chi connectivity index (χ3n) is 2.95. The summed E-state index contributed by atoms with van der Waals surface area (Å²) in [6.45, 7) is 10.4. The number of nitrogens with zero attached hydrogens (tertiary/aromatic N) is 2. The summed E-state index contributed by atoms with van der Waals surface area (Å²) in [5.41, 5.74) is 2.40. The largest absolute Gasteiger partial charge is 0.368 e. The Balaban J connectivity index is 0.000000686. The number of halogens is 1. The zero-order valence-electron chi connectivity index (χ0n) is 11.3. The first-order valence-corrected chi connectivity index (χ1v) is 6.74. The number of likely N-dealkylation sites (N-methyl/N-ethyl adjacent to an activating group) is 1. The van der Waals surface area contributed by atoms with Gasteiger partial charge in [-0.2, -0.15) is 0 Å². The van der Waals surface area contributed by atoms with Crippen LogP contribution in [0.4, 0.5) is 5.69 Å². The molecule has 0 bridgehead atoms. The molecule has 1 fully saturated rings. The molecule has 96 valence electrons. The summed E-state index contributed by atoms with van der Waals surface area (Å²) < 4.78 is 0. The topological polar surface area (TPSA) is 6.48 Å². The van der Waals surface area contributed by atoms with Gasteiger partial charge in [0.2, 0.25) is 0 Å². The van der Waals surface area contributed by atoms with Crippen LogP contribution in [0.1, 0.15) is 19.4 Å². The van der Waals surface area contributed by atoms with Crippen molar-refractivity contribution in [3.8, 4) is 0 Å². The first-order chi connectivity index (χ1) is 8.16. The standard InChI is InChI=1S/C12H17ClN2.C2H6/c1-10-3-4-12(11(13)9-10)15-7-5-14(2)6-8-15;1-2/h3-4,9H,5-8H2,1-2H3;1-2H3. The van der Waals surface area contributed by atoms with E-state index in [0.29, 0.717) is 0 Å². The monoisotopic (exact) mass is 254 g/mol. The van der Waals surface area contributed by atoms with Gasteiger partial charge in [-0.1, -0.05) is 31.5 Å². The van der Waals surface area contributed by atoms with Crippen LogP contribution in [-0.2, 0) is 0 Å². The van der Waals surface area contributed by atoms with Crippen LogP contribution in [0.5, 0.6) is 0 Å². The van der Waals surface area contributed by atoms with Gasteiger partial charge in [0.05, 0.1) is 10.7 Å². The fourth-order valence-electron chi connectivity index (χ4n) is 1.92. The average molecular weight is 255 g/mol. The average Bonchev–Trinajstić information content (AvgIpc) is 2.33. The van der Waals surface area contributed by atoms with Crippen molar-refractivity contribution in [3.63, 3.8) is 0 Å². The van der Waals surface area contributed by atoms with Crippen molar-refractivity contribution < 1.29 is 0 Å². The maximum Gasteiger partial charge on any atom is 0.0642 e. The number of rotatable bonds is 1. The van der Waals surface area contributed by atoms with Gasteiger partial charge in [-0.3, -0.25) is 0 Å². The second-order valence-corrected chi connectivity index (χ2v) is 4.65. The van der Waals surface area contributed by atoms with Crippen LogP contribution in [0.25, 0.3) is 0 Å². The maximum absolute atomic E-state index is 6.24. The lowest BCUT2D eigenvalue weighted by atomic mass is 10.2. The zero-order chi connectivity index (χ0) is 12.8. The van der Waals surface area contributed by atoms with E-state index in [1.807, 2.05) is 19.9 Å². The predicted octanol–water partition coefficient (Wildman–Crippen LogP) is 3.43. The number of anilines is 1. The molecule has 0 atom stereocenters. The van der Waals surface area contributed by atoms with E-state index in [1.54, 1.807) is 0 Å². The molecular weight excluding hydrogens is 232 g/mol. The molecule has 1 aromatic carbocycles. The zero-order valence-corrected chi connectivity index (χ0v) is 12.1. The van der Waals surface area contributed by atoms with E-state index in [9.17, 15) is 0 Å². The van der Waals surface area contributed by atoms with Crippen molar-refractivity contribution >= 4 is 17.3 Å². The van der Waals surface area contributed by atoms with E-state index in [-0.39, 0.29) is 0 Å². The summed E-state index contributed by atoms with van der Waals surface area (Å²) in [7, 11) is 2.16. The van der Waals surface area contributed by atoms with Crippen molar-refractivity contribution in [1.82, 2.24) is 4.90 Å². The molecule has 1 aliphatic heterocycles. The van der Waals surface area contributed by atoms with Crippen LogP contribution in [0.2, 0.25) is 5.02 Å². The summed E-state index contributed by atoms with van der Waals surface area (Å²) in [5, 5.41) is 0.875. The molecule has 1 aliphatic rings. The highest BCUT2D eigenvalue weighted by Gasteiger charge is 2.16. The first-order valence-electron chi connectivity index (χ1n) is 6.36. The van der Waals surface area contributed by atoms with Crippen LogP contribution in [0, 0.1) is 6.92 Å². The summed E-state index contributed by atoms with van der Waals surface area (Å²) >= 11 is 6.24. The van der Waals surface area contributed by atoms with Gasteiger partial charge in [-0.15, -0.1) is 0 Å². The van der Waals surface area contributed by atoms with Crippen LogP contribution in [-0.4, -0.2) is 38.1 Å². The molecule has 17 heavy (non-hydrogen) atoms. The summed E-state index contributed by atoms with van der Waals surface area (Å²) in [6, 6.07) is 6.29. The van der Waals surface area contributed by atoms with Crippen molar-refractivity contribution in [3.05, 3.63) is 28.8 Å². The smallest absolute Gasteiger partial charge is 0.0642 e. The molecule has 1 aromatic rings. The van der Waals surface area contributed by atoms with Gasteiger partial charge in [0.15, 0.2) is 0 Å². The molecule has 0 N–H and O–H groups in total. The summed E-state index contributed by atoms with van der Waals surface area (Å²) in [4.78, 5) is 4.71. The Labute approximate surface area is 110 Å².